The highest BCUT2D eigenvalue weighted by atomic mass is 32.2. The molecule has 0 unspecified atom stereocenters. The molecule has 6 nitrogen and oxygen atoms in total. The van der Waals surface area contributed by atoms with Gasteiger partial charge in [-0.05, 0) is 18.6 Å². The van der Waals surface area contributed by atoms with Crippen molar-refractivity contribution in [3.8, 4) is 0 Å². The third-order valence-electron chi connectivity index (χ3n) is 2.32. The van der Waals surface area contributed by atoms with Crippen LogP contribution in [0.5, 0.6) is 0 Å². The molecular formula is C10H11NO5S. The van der Waals surface area contributed by atoms with Crippen LogP contribution in [0.2, 0.25) is 0 Å². The van der Waals surface area contributed by atoms with Crippen LogP contribution in [-0.4, -0.2) is 30.9 Å². The number of H-pyrrole nitrogens is 1. The standard InChI is InChI=1S/C10H11NO5S/c12-4-1-5-17(14,15)7-2-3-8-9(6-7)16-10(13)11-8/h2-3,6,12H,1,4-5H2,(H,11,13). The van der Waals surface area contributed by atoms with Gasteiger partial charge in [0.1, 0.15) is 0 Å². The van der Waals surface area contributed by atoms with Crippen LogP contribution in [0.25, 0.3) is 11.1 Å². The number of aliphatic hydroxyl groups excluding tert-OH is 1. The fraction of sp³-hybridized carbons (Fsp3) is 0.300. The molecule has 0 bridgehead atoms. The van der Waals surface area contributed by atoms with E-state index >= 15 is 0 Å². The van der Waals surface area contributed by atoms with E-state index in [1.807, 2.05) is 0 Å². The summed E-state index contributed by atoms with van der Waals surface area (Å²) >= 11 is 0. The van der Waals surface area contributed by atoms with E-state index in [1.165, 1.54) is 18.2 Å². The Hall–Kier alpha value is -1.60. The smallest absolute Gasteiger partial charge is 0.408 e. The Labute approximate surface area is 96.8 Å². The van der Waals surface area contributed by atoms with Crippen LogP contribution in [-0.2, 0) is 9.84 Å². The molecule has 0 fully saturated rings. The minimum Gasteiger partial charge on any atom is -0.408 e. The van der Waals surface area contributed by atoms with E-state index in [0.717, 1.165) is 0 Å². The maximum absolute atomic E-state index is 11.8. The zero-order valence-corrected chi connectivity index (χ0v) is 9.66. The molecule has 17 heavy (non-hydrogen) atoms. The topological polar surface area (TPSA) is 100 Å². The number of hydrogen-bond donors (Lipinski definition) is 2. The van der Waals surface area contributed by atoms with Crippen LogP contribution >= 0.6 is 0 Å². The Morgan fingerprint density at radius 3 is 2.82 bits per heavy atom. The molecule has 2 rings (SSSR count). The summed E-state index contributed by atoms with van der Waals surface area (Å²) in [7, 11) is -3.44. The molecule has 0 saturated heterocycles. The zero-order valence-electron chi connectivity index (χ0n) is 8.84. The third-order valence-corrected chi connectivity index (χ3v) is 4.12. The predicted molar refractivity (Wildman–Crippen MR) is 60.6 cm³/mol. The molecule has 1 aromatic heterocycles. The molecule has 0 aliphatic carbocycles. The number of benzene rings is 1. The van der Waals surface area contributed by atoms with Crippen LogP contribution in [0.4, 0.5) is 0 Å². The summed E-state index contributed by atoms with van der Waals surface area (Å²) in [4.78, 5) is 13.4. The van der Waals surface area contributed by atoms with Gasteiger partial charge < -0.3 is 9.52 Å². The fourth-order valence-corrected chi connectivity index (χ4v) is 2.80. The second kappa shape index (κ2) is 4.34. The molecule has 0 radical (unpaired) electrons. The van der Waals surface area contributed by atoms with Gasteiger partial charge in [-0.2, -0.15) is 0 Å². The minimum atomic E-state index is -3.44. The molecule has 0 aliphatic rings. The monoisotopic (exact) mass is 257 g/mol. The normalized spacial score (nSPS) is 12.1. The van der Waals surface area contributed by atoms with E-state index in [1.54, 1.807) is 0 Å². The van der Waals surface area contributed by atoms with Crippen molar-refractivity contribution in [3.05, 3.63) is 28.7 Å². The number of oxazole rings is 1. The number of aliphatic hydroxyl groups is 1. The van der Waals surface area contributed by atoms with E-state index in [9.17, 15) is 13.2 Å². The third kappa shape index (κ3) is 2.40. The van der Waals surface area contributed by atoms with Crippen LogP contribution in [0, 0.1) is 0 Å². The second-order valence-corrected chi connectivity index (χ2v) is 5.68. The van der Waals surface area contributed by atoms with Crippen molar-refractivity contribution in [1.82, 2.24) is 4.98 Å². The van der Waals surface area contributed by atoms with Gasteiger partial charge in [0, 0.05) is 12.7 Å². The molecule has 92 valence electrons. The molecule has 0 aliphatic heterocycles. The molecular weight excluding hydrogens is 246 g/mol. The van der Waals surface area contributed by atoms with Crippen molar-refractivity contribution in [3.63, 3.8) is 0 Å². The number of aromatic amines is 1. The molecule has 0 spiro atoms. The molecule has 2 N–H and O–H groups in total. The Balaban J connectivity index is 2.45. The largest absolute Gasteiger partial charge is 0.417 e. The molecule has 1 aromatic carbocycles. The van der Waals surface area contributed by atoms with Gasteiger partial charge in [0.15, 0.2) is 15.4 Å². The Bertz CT molecular complexity index is 682. The first-order chi connectivity index (χ1) is 8.03. The molecule has 0 atom stereocenters. The van der Waals surface area contributed by atoms with Crippen LogP contribution < -0.4 is 5.76 Å². The lowest BCUT2D eigenvalue weighted by Gasteiger charge is -2.02. The zero-order chi connectivity index (χ0) is 12.5. The molecule has 0 saturated carbocycles. The number of fused-ring (bicyclic) bond motifs is 1. The van der Waals surface area contributed by atoms with Crippen molar-refractivity contribution in [2.45, 2.75) is 11.3 Å². The first kappa shape index (κ1) is 11.9. The number of hydrogen-bond acceptors (Lipinski definition) is 5. The fourth-order valence-electron chi connectivity index (χ4n) is 1.49. The van der Waals surface area contributed by atoms with Crippen molar-refractivity contribution >= 4 is 20.9 Å². The van der Waals surface area contributed by atoms with Gasteiger partial charge in [0.25, 0.3) is 0 Å². The van der Waals surface area contributed by atoms with Crippen molar-refractivity contribution < 1.29 is 17.9 Å². The van der Waals surface area contributed by atoms with Gasteiger partial charge in [-0.15, -0.1) is 0 Å². The Kier molecular flexibility index (Phi) is 3.03. The van der Waals surface area contributed by atoms with E-state index in [-0.39, 0.29) is 29.3 Å². The number of sulfone groups is 1. The minimum absolute atomic E-state index is 0.0844. The second-order valence-electron chi connectivity index (χ2n) is 3.57. The van der Waals surface area contributed by atoms with Gasteiger partial charge in [0.2, 0.25) is 0 Å². The summed E-state index contributed by atoms with van der Waals surface area (Å²) in [6.07, 6.45) is 0.178. The highest BCUT2D eigenvalue weighted by Crippen LogP contribution is 2.18. The highest BCUT2D eigenvalue weighted by molar-refractivity contribution is 7.91. The van der Waals surface area contributed by atoms with E-state index in [4.69, 9.17) is 9.52 Å². The van der Waals surface area contributed by atoms with Gasteiger partial charge in [0.05, 0.1) is 16.2 Å². The SMILES string of the molecule is O=c1[nH]c2ccc(S(=O)(=O)CCCO)cc2o1. The van der Waals surface area contributed by atoms with Gasteiger partial charge >= 0.3 is 5.76 Å². The van der Waals surface area contributed by atoms with Crippen LogP contribution in [0.15, 0.2) is 32.3 Å². The molecule has 2 aromatic rings. The summed E-state index contributed by atoms with van der Waals surface area (Å²) in [5, 5.41) is 8.62. The molecule has 7 heteroatoms. The predicted octanol–water partition coefficient (Wildman–Crippen LogP) is 0.277. The Morgan fingerprint density at radius 1 is 1.35 bits per heavy atom. The van der Waals surface area contributed by atoms with Gasteiger partial charge in [-0.1, -0.05) is 0 Å². The van der Waals surface area contributed by atoms with Crippen molar-refractivity contribution in [2.75, 3.05) is 12.4 Å². The summed E-state index contributed by atoms with van der Waals surface area (Å²) in [5.74, 6) is -0.756. The lowest BCUT2D eigenvalue weighted by Crippen LogP contribution is -2.08. The highest BCUT2D eigenvalue weighted by Gasteiger charge is 2.15. The summed E-state index contributed by atoms with van der Waals surface area (Å²) in [6, 6.07) is 4.19. The quantitative estimate of drug-likeness (QED) is 0.819. The van der Waals surface area contributed by atoms with Crippen LogP contribution in [0.3, 0.4) is 0 Å². The van der Waals surface area contributed by atoms with E-state index < -0.39 is 15.6 Å². The van der Waals surface area contributed by atoms with E-state index in [0.29, 0.717) is 5.52 Å². The van der Waals surface area contributed by atoms with Crippen molar-refractivity contribution in [2.24, 2.45) is 0 Å². The molecule has 0 amide bonds. The molecule has 1 heterocycles. The number of nitrogens with one attached hydrogen (secondary N) is 1. The van der Waals surface area contributed by atoms with Gasteiger partial charge in [-0.3, -0.25) is 4.98 Å². The average molecular weight is 257 g/mol. The maximum atomic E-state index is 11.8. The summed E-state index contributed by atoms with van der Waals surface area (Å²) < 4.78 is 28.4. The van der Waals surface area contributed by atoms with Crippen LogP contribution in [0.1, 0.15) is 6.42 Å². The lowest BCUT2D eigenvalue weighted by atomic mass is 10.3. The summed E-state index contributed by atoms with van der Waals surface area (Å²) in [5.41, 5.74) is 0.663. The lowest BCUT2D eigenvalue weighted by molar-refractivity contribution is 0.295. The van der Waals surface area contributed by atoms with E-state index in [2.05, 4.69) is 4.98 Å². The number of aromatic nitrogens is 1. The first-order valence-electron chi connectivity index (χ1n) is 4.99. The first-order valence-corrected chi connectivity index (χ1v) is 6.65. The average Bonchev–Trinajstić information content (AvgIpc) is 2.65. The number of rotatable bonds is 4. The van der Waals surface area contributed by atoms with Gasteiger partial charge in [-0.25, -0.2) is 13.2 Å². The maximum Gasteiger partial charge on any atom is 0.417 e. The summed E-state index contributed by atoms with van der Waals surface area (Å²) in [6.45, 7) is -0.180. The van der Waals surface area contributed by atoms with Crippen molar-refractivity contribution in [1.29, 1.82) is 0 Å². The Morgan fingerprint density at radius 2 is 2.12 bits per heavy atom.